The molecule has 0 aliphatic heterocycles. The highest BCUT2D eigenvalue weighted by Crippen LogP contribution is 2.22. The van der Waals surface area contributed by atoms with Crippen LogP contribution in [-0.2, 0) is 6.61 Å². The zero-order valence-corrected chi connectivity index (χ0v) is 12.8. The fourth-order valence-corrected chi connectivity index (χ4v) is 1.90. The van der Waals surface area contributed by atoms with Crippen molar-refractivity contribution >= 4 is 5.91 Å². The minimum atomic E-state index is -1.07. The minimum absolute atomic E-state index is 0.0600. The van der Waals surface area contributed by atoms with E-state index in [1.165, 1.54) is 19.2 Å². The smallest absolute Gasteiger partial charge is 0.275 e. The first-order valence-electron chi connectivity index (χ1n) is 6.99. The molecule has 2 N–H and O–H groups in total. The van der Waals surface area contributed by atoms with E-state index in [1.807, 2.05) is 0 Å². The Kier molecular flexibility index (Phi) is 5.83. The molecule has 9 heteroatoms. The standard InChI is InChI=1S/C15H16F2N2O5/c1-19(6-9(21)7-20)15(22)13-5-10(24-18-13)8-23-14-11(16)3-2-4-12(14)17/h2-5,9,20-21H,6-8H2,1H3/t9-/m0/s1. The van der Waals surface area contributed by atoms with E-state index in [-0.39, 0.29) is 24.6 Å². The van der Waals surface area contributed by atoms with Gasteiger partial charge < -0.3 is 24.4 Å². The van der Waals surface area contributed by atoms with Gasteiger partial charge in [-0.25, -0.2) is 8.78 Å². The van der Waals surface area contributed by atoms with Crippen molar-refractivity contribution in [2.24, 2.45) is 0 Å². The Hall–Kier alpha value is -2.52. The minimum Gasteiger partial charge on any atom is -0.479 e. The number of aromatic nitrogens is 1. The zero-order chi connectivity index (χ0) is 17.7. The zero-order valence-electron chi connectivity index (χ0n) is 12.8. The first-order chi connectivity index (χ1) is 11.4. The Morgan fingerprint density at radius 3 is 2.71 bits per heavy atom. The van der Waals surface area contributed by atoms with Crippen LogP contribution in [0.1, 0.15) is 16.2 Å². The summed E-state index contributed by atoms with van der Waals surface area (Å²) < 4.78 is 36.8. The first kappa shape index (κ1) is 17.8. The van der Waals surface area contributed by atoms with Gasteiger partial charge in [0.1, 0.15) is 6.61 Å². The number of likely N-dealkylation sites (N-methyl/N-ethyl adjacent to an activating group) is 1. The average Bonchev–Trinajstić information content (AvgIpc) is 3.02. The van der Waals surface area contributed by atoms with E-state index in [0.717, 1.165) is 17.0 Å². The maximum absolute atomic E-state index is 13.4. The number of para-hydroxylation sites is 1. The van der Waals surface area contributed by atoms with Crippen LogP contribution in [0.2, 0.25) is 0 Å². The highest BCUT2D eigenvalue weighted by atomic mass is 19.1. The lowest BCUT2D eigenvalue weighted by atomic mass is 10.3. The molecule has 0 saturated carbocycles. The molecule has 0 aliphatic rings. The highest BCUT2D eigenvalue weighted by molar-refractivity contribution is 5.92. The van der Waals surface area contributed by atoms with Gasteiger partial charge >= 0.3 is 0 Å². The Morgan fingerprint density at radius 2 is 2.08 bits per heavy atom. The molecule has 1 atom stereocenters. The van der Waals surface area contributed by atoms with Crippen LogP contribution in [0.3, 0.4) is 0 Å². The Morgan fingerprint density at radius 1 is 1.42 bits per heavy atom. The van der Waals surface area contributed by atoms with E-state index in [0.29, 0.717) is 0 Å². The number of aliphatic hydroxyl groups excluding tert-OH is 2. The van der Waals surface area contributed by atoms with E-state index < -0.39 is 36.0 Å². The number of carbonyl (C=O) groups excluding carboxylic acids is 1. The predicted molar refractivity (Wildman–Crippen MR) is 77.2 cm³/mol. The van der Waals surface area contributed by atoms with Crippen LogP contribution in [0.4, 0.5) is 8.78 Å². The molecule has 0 spiro atoms. The number of carbonyl (C=O) groups is 1. The van der Waals surface area contributed by atoms with Gasteiger partial charge in [-0.2, -0.15) is 0 Å². The van der Waals surface area contributed by atoms with Crippen molar-refractivity contribution in [2.45, 2.75) is 12.7 Å². The molecule has 24 heavy (non-hydrogen) atoms. The van der Waals surface area contributed by atoms with E-state index in [4.69, 9.17) is 14.4 Å². The summed E-state index contributed by atoms with van der Waals surface area (Å²) >= 11 is 0. The summed E-state index contributed by atoms with van der Waals surface area (Å²) in [6.45, 7) is -0.890. The van der Waals surface area contributed by atoms with Gasteiger partial charge in [-0.05, 0) is 12.1 Å². The van der Waals surface area contributed by atoms with Crippen molar-refractivity contribution in [2.75, 3.05) is 20.2 Å². The van der Waals surface area contributed by atoms with Crippen molar-refractivity contribution in [1.29, 1.82) is 0 Å². The number of benzene rings is 1. The molecule has 130 valence electrons. The van der Waals surface area contributed by atoms with Crippen LogP contribution >= 0.6 is 0 Å². The molecule has 7 nitrogen and oxygen atoms in total. The average molecular weight is 342 g/mol. The second kappa shape index (κ2) is 7.84. The highest BCUT2D eigenvalue weighted by Gasteiger charge is 2.19. The summed E-state index contributed by atoms with van der Waals surface area (Å²) in [6.07, 6.45) is -1.07. The molecule has 2 aromatic rings. The third-order valence-electron chi connectivity index (χ3n) is 3.10. The number of amides is 1. The second-order valence-electron chi connectivity index (χ2n) is 5.04. The van der Waals surface area contributed by atoms with Gasteiger partial charge in [0.2, 0.25) is 0 Å². The molecule has 0 fully saturated rings. The molecule has 1 aromatic heterocycles. The lowest BCUT2D eigenvalue weighted by Crippen LogP contribution is -2.36. The van der Waals surface area contributed by atoms with Gasteiger partial charge in [0, 0.05) is 19.7 Å². The predicted octanol–water partition coefficient (Wildman–Crippen LogP) is 0.957. The number of halogens is 2. The Labute approximate surface area is 136 Å². The summed E-state index contributed by atoms with van der Waals surface area (Å²) in [4.78, 5) is 13.2. The molecule has 1 amide bonds. The summed E-state index contributed by atoms with van der Waals surface area (Å²) in [6, 6.07) is 4.58. The molecule has 1 aromatic carbocycles. The van der Waals surface area contributed by atoms with Crippen molar-refractivity contribution in [1.82, 2.24) is 10.1 Å². The Bertz CT molecular complexity index is 687. The van der Waals surface area contributed by atoms with Gasteiger partial charge in [-0.1, -0.05) is 11.2 Å². The molecule has 0 aliphatic carbocycles. The van der Waals surface area contributed by atoms with Crippen molar-refractivity contribution in [3.63, 3.8) is 0 Å². The van der Waals surface area contributed by atoms with E-state index in [9.17, 15) is 18.7 Å². The maximum Gasteiger partial charge on any atom is 0.275 e. The molecule has 0 bridgehead atoms. The first-order valence-corrected chi connectivity index (χ1v) is 6.99. The molecule has 0 saturated heterocycles. The van der Waals surface area contributed by atoms with Crippen LogP contribution in [-0.4, -0.2) is 52.5 Å². The lowest BCUT2D eigenvalue weighted by molar-refractivity contribution is 0.0513. The summed E-state index contributed by atoms with van der Waals surface area (Å²) in [5, 5.41) is 21.6. The molecular weight excluding hydrogens is 326 g/mol. The van der Waals surface area contributed by atoms with Gasteiger partial charge in [0.25, 0.3) is 5.91 Å². The van der Waals surface area contributed by atoms with Gasteiger partial charge in [0.05, 0.1) is 12.7 Å². The van der Waals surface area contributed by atoms with Gasteiger partial charge in [-0.15, -0.1) is 0 Å². The number of hydrogen-bond acceptors (Lipinski definition) is 6. The van der Waals surface area contributed by atoms with Crippen molar-refractivity contribution in [3.05, 3.63) is 47.4 Å². The van der Waals surface area contributed by atoms with Crippen LogP contribution < -0.4 is 4.74 Å². The van der Waals surface area contributed by atoms with Gasteiger partial charge in [0.15, 0.2) is 28.8 Å². The molecule has 0 unspecified atom stereocenters. The van der Waals surface area contributed by atoms with Gasteiger partial charge in [-0.3, -0.25) is 4.79 Å². The fourth-order valence-electron chi connectivity index (χ4n) is 1.90. The van der Waals surface area contributed by atoms with Crippen LogP contribution in [0.25, 0.3) is 0 Å². The number of ether oxygens (including phenoxy) is 1. The largest absolute Gasteiger partial charge is 0.479 e. The quantitative estimate of drug-likeness (QED) is 0.778. The van der Waals surface area contributed by atoms with Crippen molar-refractivity contribution in [3.8, 4) is 5.75 Å². The van der Waals surface area contributed by atoms with E-state index in [2.05, 4.69) is 5.16 Å². The molecular formula is C15H16F2N2O5. The van der Waals surface area contributed by atoms with Crippen molar-refractivity contribution < 1.29 is 33.0 Å². The van der Waals surface area contributed by atoms with Crippen LogP contribution in [0.5, 0.6) is 5.75 Å². The summed E-state index contributed by atoms with van der Waals surface area (Å²) in [5.41, 5.74) is -0.0600. The molecule has 2 rings (SSSR count). The SMILES string of the molecule is CN(C[C@H](O)CO)C(=O)c1cc(COc2c(F)cccc2F)on1. The number of nitrogens with zero attached hydrogens (tertiary/aromatic N) is 2. The monoisotopic (exact) mass is 342 g/mol. The normalized spacial score (nSPS) is 12.0. The summed E-state index contributed by atoms with van der Waals surface area (Å²) in [7, 11) is 1.42. The fraction of sp³-hybridized carbons (Fsp3) is 0.333. The third kappa shape index (κ3) is 4.27. The topological polar surface area (TPSA) is 96.0 Å². The number of hydrogen-bond donors (Lipinski definition) is 2. The summed E-state index contributed by atoms with van der Waals surface area (Å²) in [5.74, 6) is -2.72. The van der Waals surface area contributed by atoms with E-state index in [1.54, 1.807) is 0 Å². The number of rotatable bonds is 7. The third-order valence-corrected chi connectivity index (χ3v) is 3.10. The maximum atomic E-state index is 13.4. The molecule has 1 heterocycles. The lowest BCUT2D eigenvalue weighted by Gasteiger charge is -2.18. The second-order valence-corrected chi connectivity index (χ2v) is 5.04. The Balaban J connectivity index is 1.99. The molecule has 0 radical (unpaired) electrons. The van der Waals surface area contributed by atoms with Crippen LogP contribution in [0, 0.1) is 11.6 Å². The number of aliphatic hydroxyl groups is 2. The van der Waals surface area contributed by atoms with E-state index >= 15 is 0 Å². The van der Waals surface area contributed by atoms with Crippen LogP contribution in [0.15, 0.2) is 28.8 Å².